The zero-order chi connectivity index (χ0) is 15.6. The van der Waals surface area contributed by atoms with Crippen LogP contribution in [0.5, 0.6) is 0 Å². The Kier molecular flexibility index (Phi) is 4.58. The molecule has 0 bridgehead atoms. The Bertz CT molecular complexity index is 668. The van der Waals surface area contributed by atoms with Crippen molar-refractivity contribution in [2.45, 2.75) is 13.5 Å². The number of hydrogen-bond donors (Lipinski definition) is 0. The molecule has 21 heavy (non-hydrogen) atoms. The van der Waals surface area contributed by atoms with E-state index in [0.717, 1.165) is 5.56 Å². The molecule has 0 unspecified atom stereocenters. The molecular weight excluding hydrogens is 296 g/mol. The Labute approximate surface area is 127 Å². The Morgan fingerprint density at radius 1 is 1.19 bits per heavy atom. The van der Waals surface area contributed by atoms with E-state index in [-0.39, 0.29) is 22.7 Å². The maximum atomic E-state index is 13.8. The van der Waals surface area contributed by atoms with Crippen molar-refractivity contribution in [3.8, 4) is 0 Å². The highest BCUT2D eigenvalue weighted by molar-refractivity contribution is 6.31. The number of halogens is 3. The first-order valence-electron chi connectivity index (χ1n) is 6.34. The number of benzene rings is 2. The average Bonchev–Trinajstić information content (AvgIpc) is 2.42. The minimum Gasteiger partial charge on any atom is -0.337 e. The van der Waals surface area contributed by atoms with Gasteiger partial charge in [-0.15, -0.1) is 0 Å². The molecule has 2 aromatic rings. The maximum Gasteiger partial charge on any atom is 0.256 e. The third-order valence-corrected chi connectivity index (χ3v) is 3.51. The van der Waals surface area contributed by atoms with Gasteiger partial charge in [0.25, 0.3) is 5.91 Å². The molecule has 5 heteroatoms. The largest absolute Gasteiger partial charge is 0.337 e. The lowest BCUT2D eigenvalue weighted by atomic mass is 10.1. The summed E-state index contributed by atoms with van der Waals surface area (Å²) < 4.78 is 27.5. The van der Waals surface area contributed by atoms with E-state index < -0.39 is 17.5 Å². The Morgan fingerprint density at radius 2 is 1.90 bits per heavy atom. The van der Waals surface area contributed by atoms with Gasteiger partial charge < -0.3 is 4.90 Å². The normalized spacial score (nSPS) is 10.5. The molecule has 0 heterocycles. The van der Waals surface area contributed by atoms with E-state index in [4.69, 9.17) is 11.6 Å². The number of amides is 1. The molecule has 0 fully saturated rings. The predicted molar refractivity (Wildman–Crippen MR) is 78.3 cm³/mol. The second-order valence-electron chi connectivity index (χ2n) is 4.84. The molecule has 0 spiro atoms. The van der Waals surface area contributed by atoms with Gasteiger partial charge in [0.05, 0.1) is 5.56 Å². The lowest BCUT2D eigenvalue weighted by molar-refractivity contribution is 0.0779. The summed E-state index contributed by atoms with van der Waals surface area (Å²) in [6.45, 7) is 1.71. The van der Waals surface area contributed by atoms with Crippen molar-refractivity contribution in [2.24, 2.45) is 0 Å². The zero-order valence-electron chi connectivity index (χ0n) is 11.7. The molecule has 0 radical (unpaired) electrons. The van der Waals surface area contributed by atoms with Crippen LogP contribution in [0.4, 0.5) is 8.78 Å². The van der Waals surface area contributed by atoms with Gasteiger partial charge in [0.2, 0.25) is 0 Å². The fourth-order valence-corrected chi connectivity index (χ4v) is 2.21. The van der Waals surface area contributed by atoms with Crippen LogP contribution in [0.25, 0.3) is 0 Å². The molecular formula is C16H14ClF2NO. The fraction of sp³-hybridized carbons (Fsp3) is 0.188. The molecule has 0 N–H and O–H groups in total. The van der Waals surface area contributed by atoms with Crippen molar-refractivity contribution in [1.82, 2.24) is 4.90 Å². The van der Waals surface area contributed by atoms with Crippen LogP contribution in [0.15, 0.2) is 36.4 Å². The molecule has 0 saturated heterocycles. The molecule has 0 aromatic heterocycles. The van der Waals surface area contributed by atoms with E-state index in [9.17, 15) is 13.6 Å². The highest BCUT2D eigenvalue weighted by Gasteiger charge is 2.18. The Balaban J connectivity index is 2.24. The predicted octanol–water partition coefficient (Wildman–Crippen LogP) is 4.20. The van der Waals surface area contributed by atoms with Gasteiger partial charge in [-0.25, -0.2) is 8.78 Å². The molecule has 2 nitrogen and oxygen atoms in total. The topological polar surface area (TPSA) is 20.3 Å². The maximum absolute atomic E-state index is 13.8. The van der Waals surface area contributed by atoms with Crippen LogP contribution in [0.3, 0.4) is 0 Å². The van der Waals surface area contributed by atoms with Gasteiger partial charge in [-0.1, -0.05) is 23.7 Å². The van der Waals surface area contributed by atoms with Gasteiger partial charge in [-0.3, -0.25) is 4.79 Å². The van der Waals surface area contributed by atoms with Crippen molar-refractivity contribution in [1.29, 1.82) is 0 Å². The van der Waals surface area contributed by atoms with Crippen molar-refractivity contribution >= 4 is 17.5 Å². The molecule has 0 aliphatic heterocycles. The molecule has 0 atom stereocenters. The zero-order valence-corrected chi connectivity index (χ0v) is 12.4. The van der Waals surface area contributed by atoms with E-state index in [1.807, 2.05) is 0 Å². The number of nitrogens with zero attached hydrogens (tertiary/aromatic N) is 1. The molecule has 2 rings (SSSR count). The van der Waals surface area contributed by atoms with Crippen molar-refractivity contribution in [3.05, 3.63) is 69.7 Å². The number of carbonyl (C=O) groups excluding carboxylic acids is 1. The quantitative estimate of drug-likeness (QED) is 0.832. The summed E-state index contributed by atoms with van der Waals surface area (Å²) in [6.07, 6.45) is 0. The molecule has 0 saturated carbocycles. The van der Waals surface area contributed by atoms with Crippen LogP contribution in [0.2, 0.25) is 5.02 Å². The van der Waals surface area contributed by atoms with E-state index in [2.05, 4.69) is 0 Å². The van der Waals surface area contributed by atoms with Gasteiger partial charge >= 0.3 is 0 Å². The summed E-state index contributed by atoms with van der Waals surface area (Å²) in [7, 11) is 1.48. The molecule has 110 valence electrons. The monoisotopic (exact) mass is 309 g/mol. The van der Waals surface area contributed by atoms with Gasteiger partial charge in [-0.05, 0) is 36.8 Å². The number of rotatable bonds is 3. The summed E-state index contributed by atoms with van der Waals surface area (Å²) in [6, 6.07) is 8.67. The van der Waals surface area contributed by atoms with Crippen LogP contribution in [-0.4, -0.2) is 17.9 Å². The van der Waals surface area contributed by atoms with E-state index in [1.54, 1.807) is 19.1 Å². The second kappa shape index (κ2) is 6.22. The first-order chi connectivity index (χ1) is 9.90. The lowest BCUT2D eigenvalue weighted by Gasteiger charge is -2.19. The minimum absolute atomic E-state index is 0.0301. The van der Waals surface area contributed by atoms with Crippen LogP contribution in [0, 0.1) is 18.6 Å². The fourth-order valence-electron chi connectivity index (χ4n) is 1.99. The summed E-state index contributed by atoms with van der Waals surface area (Å²) in [5.74, 6) is -1.61. The Morgan fingerprint density at radius 3 is 2.52 bits per heavy atom. The molecule has 1 amide bonds. The molecule has 0 aliphatic rings. The van der Waals surface area contributed by atoms with E-state index in [0.29, 0.717) is 0 Å². The third-order valence-electron chi connectivity index (χ3n) is 3.16. The van der Waals surface area contributed by atoms with Crippen molar-refractivity contribution < 1.29 is 13.6 Å². The third kappa shape index (κ3) is 3.39. The second-order valence-corrected chi connectivity index (χ2v) is 5.25. The lowest BCUT2D eigenvalue weighted by Crippen LogP contribution is -2.27. The smallest absolute Gasteiger partial charge is 0.256 e. The summed E-state index contributed by atoms with van der Waals surface area (Å²) >= 11 is 5.92. The number of carbonyl (C=O) groups is 1. The van der Waals surface area contributed by atoms with Gasteiger partial charge in [-0.2, -0.15) is 0 Å². The molecule has 0 aliphatic carbocycles. The highest BCUT2D eigenvalue weighted by Crippen LogP contribution is 2.21. The van der Waals surface area contributed by atoms with E-state index in [1.165, 1.54) is 36.2 Å². The molecule has 2 aromatic carbocycles. The van der Waals surface area contributed by atoms with Crippen molar-refractivity contribution in [2.75, 3.05) is 7.05 Å². The number of hydrogen-bond acceptors (Lipinski definition) is 1. The van der Waals surface area contributed by atoms with Gasteiger partial charge in [0, 0.05) is 24.2 Å². The highest BCUT2D eigenvalue weighted by atomic mass is 35.5. The summed E-state index contributed by atoms with van der Waals surface area (Å²) in [5.41, 5.74) is 0.891. The standard InChI is InChI=1S/C16H14ClF2NO/c1-10-6-7-11(15(19)8-10)16(21)20(2)9-12-13(17)4-3-5-14(12)18/h3-8H,9H2,1-2H3. The first-order valence-corrected chi connectivity index (χ1v) is 6.72. The van der Waals surface area contributed by atoms with Crippen LogP contribution >= 0.6 is 11.6 Å². The SMILES string of the molecule is Cc1ccc(C(=O)N(C)Cc2c(F)cccc2Cl)c(F)c1. The number of aryl methyl sites for hydroxylation is 1. The van der Waals surface area contributed by atoms with Crippen LogP contribution < -0.4 is 0 Å². The van der Waals surface area contributed by atoms with Gasteiger partial charge in [0.1, 0.15) is 11.6 Å². The van der Waals surface area contributed by atoms with Crippen LogP contribution in [-0.2, 0) is 6.54 Å². The van der Waals surface area contributed by atoms with E-state index >= 15 is 0 Å². The first kappa shape index (κ1) is 15.4. The summed E-state index contributed by atoms with van der Waals surface area (Å²) in [5, 5.41) is 0.235. The minimum atomic E-state index is -0.591. The van der Waals surface area contributed by atoms with Gasteiger partial charge in [0.15, 0.2) is 0 Å². The summed E-state index contributed by atoms with van der Waals surface area (Å²) in [4.78, 5) is 13.5. The average molecular weight is 310 g/mol. The Hall–Kier alpha value is -1.94. The van der Waals surface area contributed by atoms with Crippen LogP contribution in [0.1, 0.15) is 21.5 Å². The van der Waals surface area contributed by atoms with Crippen molar-refractivity contribution in [3.63, 3.8) is 0 Å².